The summed E-state index contributed by atoms with van der Waals surface area (Å²) in [4.78, 5) is 13.0. The number of methoxy groups -OCH3 is 1. The van der Waals surface area contributed by atoms with Crippen LogP contribution in [0.5, 0.6) is 5.75 Å². The lowest BCUT2D eigenvalue weighted by Crippen LogP contribution is -2.44. The molecular formula is C15H17F2N3O3. The Balaban J connectivity index is 2.01. The molecule has 1 aromatic carbocycles. The molecule has 2 rings (SSSR count). The van der Waals surface area contributed by atoms with Crippen LogP contribution in [0.4, 0.5) is 13.6 Å². The van der Waals surface area contributed by atoms with E-state index in [1.165, 1.54) is 7.11 Å². The van der Waals surface area contributed by atoms with Crippen LogP contribution in [0.2, 0.25) is 0 Å². The Bertz CT molecular complexity index is 631. The van der Waals surface area contributed by atoms with E-state index < -0.39 is 37.6 Å². The molecule has 1 aliphatic rings. The van der Waals surface area contributed by atoms with Gasteiger partial charge in [-0.25, -0.2) is 13.6 Å². The van der Waals surface area contributed by atoms with Gasteiger partial charge in [-0.1, -0.05) is 6.07 Å². The monoisotopic (exact) mass is 325 g/mol. The number of aliphatic hydroxyl groups excluding tert-OH is 1. The van der Waals surface area contributed by atoms with Crippen molar-refractivity contribution in [3.05, 3.63) is 29.3 Å². The normalized spacial score (nSPS) is 19.3. The minimum absolute atomic E-state index is 0.0983. The first-order valence-corrected chi connectivity index (χ1v) is 7.00. The zero-order valence-electron chi connectivity index (χ0n) is 12.6. The molecule has 124 valence electrons. The Morgan fingerprint density at radius 3 is 2.96 bits per heavy atom. The summed E-state index contributed by atoms with van der Waals surface area (Å²) in [6.07, 6.45) is -0.540. The highest BCUT2D eigenvalue weighted by atomic mass is 19.3. The lowest BCUT2D eigenvalue weighted by Gasteiger charge is -2.22. The number of carbonyl (C=O) groups is 1. The maximum atomic E-state index is 13.4. The first kappa shape index (κ1) is 17.0. The van der Waals surface area contributed by atoms with Gasteiger partial charge in [0.15, 0.2) is 0 Å². The number of urea groups is 1. The standard InChI is InChI=1S/C15H17F2N3O3/c1-23-13-4-10(2-3-11(13)6-18)7-19-14(22)20-9-15(16,17)5-12(20)8-21/h2-4,12,21H,5,7-9H2,1H3,(H,19,22). The number of carbonyl (C=O) groups excluding carboxylic acids is 1. The first-order chi connectivity index (χ1) is 10.9. The largest absolute Gasteiger partial charge is 0.495 e. The molecule has 1 fully saturated rings. The summed E-state index contributed by atoms with van der Waals surface area (Å²) in [5, 5.41) is 20.6. The highest BCUT2D eigenvalue weighted by Crippen LogP contribution is 2.31. The molecule has 1 saturated heterocycles. The van der Waals surface area contributed by atoms with Crippen LogP contribution in [0.1, 0.15) is 17.5 Å². The van der Waals surface area contributed by atoms with Crippen molar-refractivity contribution in [2.24, 2.45) is 0 Å². The van der Waals surface area contributed by atoms with E-state index in [1.807, 2.05) is 6.07 Å². The van der Waals surface area contributed by atoms with Gasteiger partial charge in [-0.2, -0.15) is 5.26 Å². The number of aliphatic hydroxyl groups is 1. The van der Waals surface area contributed by atoms with E-state index in [1.54, 1.807) is 18.2 Å². The number of benzene rings is 1. The summed E-state index contributed by atoms with van der Waals surface area (Å²) >= 11 is 0. The van der Waals surface area contributed by atoms with Crippen LogP contribution in [-0.4, -0.2) is 48.3 Å². The van der Waals surface area contributed by atoms with Crippen LogP contribution in [0, 0.1) is 11.3 Å². The fraction of sp³-hybridized carbons (Fsp3) is 0.467. The molecule has 1 aliphatic heterocycles. The Kier molecular flexibility index (Phi) is 5.01. The second kappa shape index (κ2) is 6.79. The van der Waals surface area contributed by atoms with Gasteiger partial charge in [0.2, 0.25) is 0 Å². The zero-order chi connectivity index (χ0) is 17.0. The van der Waals surface area contributed by atoms with E-state index in [4.69, 9.17) is 15.1 Å². The molecule has 2 amide bonds. The summed E-state index contributed by atoms with van der Waals surface area (Å²) in [6, 6.07) is 5.22. The van der Waals surface area contributed by atoms with Gasteiger partial charge in [0.1, 0.15) is 11.8 Å². The van der Waals surface area contributed by atoms with E-state index in [0.717, 1.165) is 4.90 Å². The molecule has 23 heavy (non-hydrogen) atoms. The number of hydrogen-bond donors (Lipinski definition) is 2. The predicted molar refractivity (Wildman–Crippen MR) is 77.1 cm³/mol. The van der Waals surface area contributed by atoms with Gasteiger partial charge in [-0.05, 0) is 17.7 Å². The van der Waals surface area contributed by atoms with Gasteiger partial charge >= 0.3 is 6.03 Å². The van der Waals surface area contributed by atoms with E-state index >= 15 is 0 Å². The fourth-order valence-electron chi connectivity index (χ4n) is 2.52. The third-order valence-electron chi connectivity index (χ3n) is 3.68. The van der Waals surface area contributed by atoms with Gasteiger partial charge < -0.3 is 20.1 Å². The molecule has 0 spiro atoms. The maximum absolute atomic E-state index is 13.4. The average Bonchev–Trinajstić information content (AvgIpc) is 2.87. The van der Waals surface area contributed by atoms with Crippen molar-refractivity contribution >= 4 is 6.03 Å². The topological polar surface area (TPSA) is 85.6 Å². The second-order valence-electron chi connectivity index (χ2n) is 5.33. The molecule has 1 atom stereocenters. The van der Waals surface area contributed by atoms with Crippen molar-refractivity contribution in [1.29, 1.82) is 5.26 Å². The van der Waals surface area contributed by atoms with Crippen LogP contribution in [0.15, 0.2) is 18.2 Å². The molecule has 1 unspecified atom stereocenters. The number of nitrogens with zero attached hydrogens (tertiary/aromatic N) is 2. The number of ether oxygens (including phenoxy) is 1. The van der Waals surface area contributed by atoms with Crippen molar-refractivity contribution in [2.75, 3.05) is 20.3 Å². The third kappa shape index (κ3) is 3.87. The first-order valence-electron chi connectivity index (χ1n) is 7.00. The maximum Gasteiger partial charge on any atom is 0.318 e. The molecule has 8 heteroatoms. The third-order valence-corrected chi connectivity index (χ3v) is 3.68. The summed E-state index contributed by atoms with van der Waals surface area (Å²) in [6.45, 7) is -1.12. The summed E-state index contributed by atoms with van der Waals surface area (Å²) in [5.74, 6) is -2.61. The Hall–Kier alpha value is -2.40. The van der Waals surface area contributed by atoms with Crippen molar-refractivity contribution in [1.82, 2.24) is 10.2 Å². The van der Waals surface area contributed by atoms with E-state index in [2.05, 4.69) is 5.32 Å². The molecular weight excluding hydrogens is 308 g/mol. The lowest BCUT2D eigenvalue weighted by molar-refractivity contribution is 0.0141. The van der Waals surface area contributed by atoms with Crippen molar-refractivity contribution < 1.29 is 23.4 Å². The van der Waals surface area contributed by atoms with Crippen molar-refractivity contribution in [2.45, 2.75) is 24.9 Å². The second-order valence-corrected chi connectivity index (χ2v) is 5.33. The minimum Gasteiger partial charge on any atom is -0.495 e. The summed E-state index contributed by atoms with van der Waals surface area (Å²) in [7, 11) is 1.43. The van der Waals surface area contributed by atoms with Crippen LogP contribution in [0.3, 0.4) is 0 Å². The highest BCUT2D eigenvalue weighted by molar-refractivity contribution is 5.75. The van der Waals surface area contributed by atoms with Gasteiger partial charge in [0.25, 0.3) is 5.92 Å². The number of amides is 2. The van der Waals surface area contributed by atoms with E-state index in [-0.39, 0.29) is 6.54 Å². The van der Waals surface area contributed by atoms with Gasteiger partial charge in [0, 0.05) is 13.0 Å². The van der Waals surface area contributed by atoms with Crippen LogP contribution >= 0.6 is 0 Å². The van der Waals surface area contributed by atoms with Crippen molar-refractivity contribution in [3.8, 4) is 11.8 Å². The molecule has 6 nitrogen and oxygen atoms in total. The number of alkyl halides is 2. The summed E-state index contributed by atoms with van der Waals surface area (Å²) in [5.41, 5.74) is 1.03. The van der Waals surface area contributed by atoms with Gasteiger partial charge in [-0.15, -0.1) is 0 Å². The van der Waals surface area contributed by atoms with Gasteiger partial charge in [-0.3, -0.25) is 0 Å². The molecule has 1 aromatic rings. The van der Waals surface area contributed by atoms with Gasteiger partial charge in [0.05, 0.1) is 31.9 Å². The number of rotatable bonds is 4. The Labute approximate surface area is 132 Å². The zero-order valence-corrected chi connectivity index (χ0v) is 12.6. The molecule has 2 N–H and O–H groups in total. The molecule has 1 heterocycles. The highest BCUT2D eigenvalue weighted by Gasteiger charge is 2.46. The molecule has 0 aromatic heterocycles. The number of hydrogen-bond acceptors (Lipinski definition) is 4. The smallest absolute Gasteiger partial charge is 0.318 e. The van der Waals surface area contributed by atoms with Crippen molar-refractivity contribution in [3.63, 3.8) is 0 Å². The van der Waals surface area contributed by atoms with E-state index in [0.29, 0.717) is 16.9 Å². The quantitative estimate of drug-likeness (QED) is 0.878. The number of likely N-dealkylation sites (tertiary alicyclic amines) is 1. The van der Waals surface area contributed by atoms with E-state index in [9.17, 15) is 13.6 Å². The molecule has 0 bridgehead atoms. The number of nitriles is 1. The molecule has 0 aliphatic carbocycles. The van der Waals surface area contributed by atoms with Crippen LogP contribution < -0.4 is 10.1 Å². The van der Waals surface area contributed by atoms with Crippen LogP contribution in [0.25, 0.3) is 0 Å². The predicted octanol–water partition coefficient (Wildman–Crippen LogP) is 1.48. The molecule has 0 saturated carbocycles. The molecule has 0 radical (unpaired) electrons. The Morgan fingerprint density at radius 1 is 1.61 bits per heavy atom. The SMILES string of the molecule is COc1cc(CNC(=O)N2CC(F)(F)CC2CO)ccc1C#N. The Morgan fingerprint density at radius 2 is 2.35 bits per heavy atom. The number of nitrogens with one attached hydrogen (secondary N) is 1. The van der Waals surface area contributed by atoms with Crippen LogP contribution in [-0.2, 0) is 6.54 Å². The summed E-state index contributed by atoms with van der Waals surface area (Å²) < 4.78 is 31.8. The fourth-order valence-corrected chi connectivity index (χ4v) is 2.52. The minimum atomic E-state index is -2.98. The number of halogens is 2. The average molecular weight is 325 g/mol. The lowest BCUT2D eigenvalue weighted by atomic mass is 10.1.